The van der Waals surface area contributed by atoms with E-state index in [0.29, 0.717) is 32.0 Å². The molecule has 1 aromatic carbocycles. The molecule has 7 nitrogen and oxygen atoms in total. The van der Waals surface area contributed by atoms with Crippen molar-refractivity contribution in [3.63, 3.8) is 0 Å². The maximum atomic E-state index is 12.1. The third kappa shape index (κ3) is 7.40. The zero-order chi connectivity index (χ0) is 20.6. The van der Waals surface area contributed by atoms with Crippen LogP contribution < -0.4 is 10.2 Å². The van der Waals surface area contributed by atoms with Crippen LogP contribution in [0.2, 0.25) is 0 Å². The maximum absolute atomic E-state index is 12.1. The number of piperidine rings is 1. The van der Waals surface area contributed by atoms with E-state index in [9.17, 15) is 4.79 Å². The molecule has 1 saturated heterocycles. The molecular weight excluding hydrogens is 360 g/mol. The second-order valence-corrected chi connectivity index (χ2v) is 7.70. The van der Waals surface area contributed by atoms with Crippen molar-refractivity contribution in [2.45, 2.75) is 45.3 Å². The number of carbonyl (C=O) groups is 1. The summed E-state index contributed by atoms with van der Waals surface area (Å²) in [4.78, 5) is 19.2. The number of carbonyl (C=O) groups excluding carboxylic acids is 1. The van der Waals surface area contributed by atoms with Gasteiger partial charge in [-0.3, -0.25) is 10.3 Å². The van der Waals surface area contributed by atoms with Gasteiger partial charge in [0.2, 0.25) is 0 Å². The van der Waals surface area contributed by atoms with Gasteiger partial charge < -0.3 is 19.1 Å². The molecule has 0 atom stereocenters. The number of rotatable bonds is 8. The minimum Gasteiger partial charge on any atom is -0.497 e. The highest BCUT2D eigenvalue weighted by molar-refractivity contribution is 5.68. The van der Waals surface area contributed by atoms with Gasteiger partial charge in [0.15, 0.2) is 0 Å². The fourth-order valence-corrected chi connectivity index (χ4v) is 2.78. The Morgan fingerprint density at radius 2 is 1.82 bits per heavy atom. The van der Waals surface area contributed by atoms with Crippen molar-refractivity contribution in [1.29, 1.82) is 0 Å². The van der Waals surface area contributed by atoms with E-state index in [0.717, 1.165) is 24.2 Å². The van der Waals surface area contributed by atoms with Gasteiger partial charge in [-0.2, -0.15) is 0 Å². The molecule has 0 radical (unpaired) electrons. The largest absolute Gasteiger partial charge is 0.497 e. The first-order valence-electron chi connectivity index (χ1n) is 9.59. The van der Waals surface area contributed by atoms with Crippen LogP contribution in [0.4, 0.5) is 4.79 Å². The van der Waals surface area contributed by atoms with Crippen LogP contribution in [0.25, 0.3) is 5.70 Å². The minimum absolute atomic E-state index is 0.132. The minimum atomic E-state index is -0.468. The molecule has 0 aromatic heterocycles. The van der Waals surface area contributed by atoms with Gasteiger partial charge in [-0.25, -0.2) is 4.79 Å². The summed E-state index contributed by atoms with van der Waals surface area (Å²) in [6.07, 6.45) is 1.47. The van der Waals surface area contributed by atoms with E-state index >= 15 is 0 Å². The zero-order valence-corrected chi connectivity index (χ0v) is 17.3. The van der Waals surface area contributed by atoms with Gasteiger partial charge in [-0.15, -0.1) is 0 Å². The summed E-state index contributed by atoms with van der Waals surface area (Å²) in [5, 5.41) is 0. The number of amides is 1. The van der Waals surface area contributed by atoms with Gasteiger partial charge in [0.1, 0.15) is 11.4 Å². The lowest BCUT2D eigenvalue weighted by Crippen LogP contribution is -2.43. The van der Waals surface area contributed by atoms with E-state index in [1.165, 1.54) is 0 Å². The van der Waals surface area contributed by atoms with Crippen molar-refractivity contribution in [3.05, 3.63) is 36.4 Å². The summed E-state index contributed by atoms with van der Waals surface area (Å²) in [7, 11) is 1.63. The highest BCUT2D eigenvalue weighted by atomic mass is 16.7. The number of methoxy groups -OCH3 is 1. The van der Waals surface area contributed by atoms with Crippen molar-refractivity contribution in [1.82, 2.24) is 10.4 Å². The third-order valence-electron chi connectivity index (χ3n) is 4.27. The Bertz CT molecular complexity index is 631. The first-order valence-corrected chi connectivity index (χ1v) is 9.59. The van der Waals surface area contributed by atoms with Gasteiger partial charge in [0.25, 0.3) is 0 Å². The van der Waals surface area contributed by atoms with E-state index in [1.54, 1.807) is 12.0 Å². The quantitative estimate of drug-likeness (QED) is 0.538. The lowest BCUT2D eigenvalue weighted by molar-refractivity contribution is -0.0388. The molecule has 1 amide bonds. The zero-order valence-electron chi connectivity index (χ0n) is 17.3. The molecule has 1 aromatic rings. The van der Waals surface area contributed by atoms with Crippen LogP contribution in [-0.2, 0) is 14.3 Å². The van der Waals surface area contributed by atoms with Gasteiger partial charge in [-0.05, 0) is 63.4 Å². The molecule has 0 unspecified atom stereocenters. The number of nitrogens with zero attached hydrogens (tertiary/aromatic N) is 1. The number of likely N-dealkylation sites (tertiary alicyclic amines) is 1. The maximum Gasteiger partial charge on any atom is 0.410 e. The summed E-state index contributed by atoms with van der Waals surface area (Å²) < 4.78 is 16.4. The summed E-state index contributed by atoms with van der Waals surface area (Å²) in [5.41, 5.74) is 3.97. The first-order chi connectivity index (χ1) is 13.3. The van der Waals surface area contributed by atoms with Crippen molar-refractivity contribution < 1.29 is 23.8 Å². The van der Waals surface area contributed by atoms with Crippen molar-refractivity contribution in [2.75, 3.05) is 33.4 Å². The Balaban J connectivity index is 1.58. The fourth-order valence-electron chi connectivity index (χ4n) is 2.78. The summed E-state index contributed by atoms with van der Waals surface area (Å²) in [6.45, 7) is 11.7. The van der Waals surface area contributed by atoms with Crippen LogP contribution in [0.15, 0.2) is 30.8 Å². The van der Waals surface area contributed by atoms with Crippen LogP contribution in [0, 0.1) is 0 Å². The average Bonchev–Trinajstić information content (AvgIpc) is 2.66. The first kappa shape index (κ1) is 22.0. The lowest BCUT2D eigenvalue weighted by atomic mass is 10.1. The molecule has 2 rings (SSSR count). The standard InChI is InChI=1S/C21H32N2O5/c1-16(17-6-8-18(25-5)9-7-17)22-27-15-14-26-19-10-12-23(13-11-19)20(24)28-21(2,3)4/h6-9,19,22H,1,10-15H2,2-5H3. The normalized spacial score (nSPS) is 15.2. The Hall–Kier alpha value is -2.25. The molecule has 1 aliphatic heterocycles. The molecule has 7 heteroatoms. The van der Waals surface area contributed by atoms with Crippen LogP contribution in [0.3, 0.4) is 0 Å². The second kappa shape index (κ2) is 10.3. The Labute approximate surface area is 167 Å². The summed E-state index contributed by atoms with van der Waals surface area (Å²) in [6, 6.07) is 7.56. The number of hydrogen-bond acceptors (Lipinski definition) is 6. The second-order valence-electron chi connectivity index (χ2n) is 7.70. The third-order valence-corrected chi connectivity index (χ3v) is 4.27. The van der Waals surface area contributed by atoms with Crippen molar-refractivity contribution >= 4 is 11.8 Å². The molecule has 28 heavy (non-hydrogen) atoms. The SMILES string of the molecule is C=C(NOCCOC1CCN(C(=O)OC(C)(C)C)CC1)c1ccc(OC)cc1. The molecule has 1 N–H and O–H groups in total. The van der Waals surface area contributed by atoms with Gasteiger partial charge in [-0.1, -0.05) is 6.58 Å². The molecule has 0 bridgehead atoms. The smallest absolute Gasteiger partial charge is 0.410 e. The van der Waals surface area contributed by atoms with Crippen LogP contribution in [0.5, 0.6) is 5.75 Å². The number of benzene rings is 1. The molecule has 1 fully saturated rings. The van der Waals surface area contributed by atoms with Crippen LogP contribution in [0.1, 0.15) is 39.2 Å². The molecule has 0 spiro atoms. The van der Waals surface area contributed by atoms with Gasteiger partial charge >= 0.3 is 6.09 Å². The molecule has 0 saturated carbocycles. The topological polar surface area (TPSA) is 69.3 Å². The predicted octanol–water partition coefficient (Wildman–Crippen LogP) is 3.60. The number of hydroxylamine groups is 1. The predicted molar refractivity (Wildman–Crippen MR) is 108 cm³/mol. The summed E-state index contributed by atoms with van der Waals surface area (Å²) >= 11 is 0. The van der Waals surface area contributed by atoms with E-state index < -0.39 is 5.60 Å². The van der Waals surface area contributed by atoms with Crippen LogP contribution in [-0.4, -0.2) is 56.1 Å². The van der Waals surface area contributed by atoms with Gasteiger partial charge in [0, 0.05) is 13.1 Å². The molecular formula is C21H32N2O5. The number of hydrogen-bond donors (Lipinski definition) is 1. The van der Waals surface area contributed by atoms with Crippen molar-refractivity contribution in [3.8, 4) is 5.75 Å². The fraction of sp³-hybridized carbons (Fsp3) is 0.571. The van der Waals surface area contributed by atoms with E-state index in [1.807, 2.05) is 45.0 Å². The highest BCUT2D eigenvalue weighted by Gasteiger charge is 2.27. The Morgan fingerprint density at radius 3 is 2.39 bits per heavy atom. The Morgan fingerprint density at radius 1 is 1.18 bits per heavy atom. The monoisotopic (exact) mass is 392 g/mol. The van der Waals surface area contributed by atoms with Crippen LogP contribution >= 0.6 is 0 Å². The van der Waals surface area contributed by atoms with Gasteiger partial charge in [0.05, 0.1) is 32.1 Å². The molecule has 156 valence electrons. The number of ether oxygens (including phenoxy) is 3. The average molecular weight is 392 g/mol. The van der Waals surface area contributed by atoms with E-state index in [4.69, 9.17) is 19.0 Å². The van der Waals surface area contributed by atoms with Crippen molar-refractivity contribution in [2.24, 2.45) is 0 Å². The molecule has 1 heterocycles. The molecule has 1 aliphatic rings. The highest BCUT2D eigenvalue weighted by Crippen LogP contribution is 2.18. The lowest BCUT2D eigenvalue weighted by Gasteiger charge is -2.33. The van der Waals surface area contributed by atoms with E-state index in [-0.39, 0.29) is 12.2 Å². The summed E-state index contributed by atoms with van der Waals surface area (Å²) in [5.74, 6) is 0.795. The Kier molecular flexibility index (Phi) is 8.14. The molecule has 0 aliphatic carbocycles. The number of nitrogens with one attached hydrogen (secondary N) is 1. The van der Waals surface area contributed by atoms with E-state index in [2.05, 4.69) is 12.1 Å².